The zero-order chi connectivity index (χ0) is 17.2. The molecule has 1 unspecified atom stereocenters. The highest BCUT2D eigenvalue weighted by molar-refractivity contribution is 6.30. The molecule has 0 fully saturated rings. The van der Waals surface area contributed by atoms with E-state index in [1.807, 2.05) is 67.8 Å². The predicted octanol–water partition coefficient (Wildman–Crippen LogP) is 4.61. The Morgan fingerprint density at radius 1 is 1.08 bits per heavy atom. The lowest BCUT2D eigenvalue weighted by Crippen LogP contribution is -2.04. The molecule has 0 saturated carbocycles. The van der Waals surface area contributed by atoms with E-state index in [1.165, 1.54) is 0 Å². The number of pyridine rings is 1. The van der Waals surface area contributed by atoms with E-state index in [-0.39, 0.29) is 6.10 Å². The topological polar surface area (TPSA) is 52.8 Å². The van der Waals surface area contributed by atoms with Crippen molar-refractivity contribution in [2.24, 2.45) is 0 Å². The van der Waals surface area contributed by atoms with Crippen LogP contribution in [0.4, 0.5) is 0 Å². The van der Waals surface area contributed by atoms with Crippen molar-refractivity contribution in [3.8, 4) is 11.4 Å². The van der Waals surface area contributed by atoms with Crippen LogP contribution in [0.15, 0.2) is 67.1 Å². The fourth-order valence-electron chi connectivity index (χ4n) is 2.63. The number of benzene rings is 2. The van der Waals surface area contributed by atoms with Gasteiger partial charge in [0.15, 0.2) is 0 Å². The van der Waals surface area contributed by atoms with Gasteiger partial charge < -0.3 is 4.74 Å². The molecule has 0 aliphatic heterocycles. The van der Waals surface area contributed by atoms with Crippen LogP contribution in [0.25, 0.3) is 16.5 Å². The van der Waals surface area contributed by atoms with Gasteiger partial charge in [-0.1, -0.05) is 28.9 Å². The number of ether oxygens (including phenoxy) is 1. The van der Waals surface area contributed by atoms with Crippen molar-refractivity contribution in [1.29, 1.82) is 0 Å². The predicted molar refractivity (Wildman–Crippen MR) is 97.2 cm³/mol. The van der Waals surface area contributed by atoms with Gasteiger partial charge in [-0.2, -0.15) is 0 Å². The van der Waals surface area contributed by atoms with Gasteiger partial charge in [0.05, 0.1) is 11.9 Å². The molecule has 0 spiro atoms. The number of nitrogens with zero attached hydrogens (tertiary/aromatic N) is 4. The summed E-state index contributed by atoms with van der Waals surface area (Å²) in [6.45, 7) is 1.95. The maximum Gasteiger partial charge on any atom is 0.141 e. The maximum atomic E-state index is 6.12. The van der Waals surface area contributed by atoms with Gasteiger partial charge >= 0.3 is 0 Å². The molecule has 0 amide bonds. The first-order valence-electron chi connectivity index (χ1n) is 7.88. The van der Waals surface area contributed by atoms with Crippen molar-refractivity contribution in [1.82, 2.24) is 20.0 Å². The second-order valence-electron chi connectivity index (χ2n) is 5.68. The highest BCUT2D eigenvalue weighted by Crippen LogP contribution is 2.28. The molecule has 0 N–H and O–H groups in total. The molecule has 2 aromatic carbocycles. The van der Waals surface area contributed by atoms with Crippen molar-refractivity contribution in [3.63, 3.8) is 0 Å². The highest BCUT2D eigenvalue weighted by Gasteiger charge is 2.14. The first-order chi connectivity index (χ1) is 12.2. The minimum Gasteiger partial charge on any atom is -0.484 e. The smallest absolute Gasteiger partial charge is 0.141 e. The Hall–Kier alpha value is -2.92. The molecule has 5 nitrogen and oxygen atoms in total. The summed E-state index contributed by atoms with van der Waals surface area (Å²) in [5.41, 5.74) is 1.65. The monoisotopic (exact) mass is 350 g/mol. The molecule has 0 aliphatic carbocycles. The fourth-order valence-corrected chi connectivity index (χ4v) is 2.76. The van der Waals surface area contributed by atoms with E-state index in [0.29, 0.717) is 5.02 Å². The van der Waals surface area contributed by atoms with E-state index in [9.17, 15) is 0 Å². The first kappa shape index (κ1) is 15.6. The number of halogens is 1. The van der Waals surface area contributed by atoms with Crippen LogP contribution in [-0.2, 0) is 0 Å². The Morgan fingerprint density at radius 3 is 2.76 bits per heavy atom. The summed E-state index contributed by atoms with van der Waals surface area (Å²) >= 11 is 5.92. The van der Waals surface area contributed by atoms with Gasteiger partial charge in [0, 0.05) is 28.2 Å². The van der Waals surface area contributed by atoms with E-state index in [4.69, 9.17) is 16.3 Å². The van der Waals surface area contributed by atoms with E-state index < -0.39 is 0 Å². The number of rotatable bonds is 4. The van der Waals surface area contributed by atoms with Crippen LogP contribution in [0.1, 0.15) is 18.7 Å². The zero-order valence-corrected chi connectivity index (χ0v) is 14.3. The van der Waals surface area contributed by atoms with Crippen LogP contribution in [0, 0.1) is 0 Å². The van der Waals surface area contributed by atoms with Crippen LogP contribution < -0.4 is 4.74 Å². The summed E-state index contributed by atoms with van der Waals surface area (Å²) in [7, 11) is 0. The van der Waals surface area contributed by atoms with Crippen molar-refractivity contribution >= 4 is 22.4 Å². The molecule has 2 aromatic heterocycles. The molecule has 6 heteroatoms. The Labute approximate surface area is 149 Å². The Balaban J connectivity index is 1.59. The number of fused-ring (bicyclic) bond motifs is 1. The number of aromatic nitrogens is 4. The SMILES string of the molecule is CC(Oc1cccc2cnccc12)c1cn(-c2ccc(Cl)cc2)nn1. The summed E-state index contributed by atoms with van der Waals surface area (Å²) < 4.78 is 7.82. The van der Waals surface area contributed by atoms with E-state index in [1.54, 1.807) is 10.9 Å². The molecule has 2 heterocycles. The summed E-state index contributed by atoms with van der Waals surface area (Å²) in [6.07, 6.45) is 5.21. The van der Waals surface area contributed by atoms with Crippen LogP contribution >= 0.6 is 11.6 Å². The standard InChI is InChI=1S/C19H15ClN4O/c1-13(25-19-4-2-3-14-11-21-10-9-17(14)19)18-12-24(23-22-18)16-7-5-15(20)6-8-16/h2-13H,1H3. The van der Waals surface area contributed by atoms with Gasteiger partial charge in [0.1, 0.15) is 17.5 Å². The van der Waals surface area contributed by atoms with Crippen molar-refractivity contribution in [3.05, 3.63) is 77.8 Å². The van der Waals surface area contributed by atoms with Crippen molar-refractivity contribution < 1.29 is 4.74 Å². The van der Waals surface area contributed by atoms with Crippen molar-refractivity contribution in [2.75, 3.05) is 0 Å². The fraction of sp³-hybridized carbons (Fsp3) is 0.105. The number of hydrogen-bond donors (Lipinski definition) is 0. The summed E-state index contributed by atoms with van der Waals surface area (Å²) in [5, 5.41) is 11.2. The largest absolute Gasteiger partial charge is 0.484 e. The van der Waals surface area contributed by atoms with Gasteiger partial charge in [-0.05, 0) is 43.3 Å². The molecule has 124 valence electrons. The molecular weight excluding hydrogens is 336 g/mol. The van der Waals surface area contributed by atoms with Gasteiger partial charge in [-0.15, -0.1) is 5.10 Å². The third kappa shape index (κ3) is 3.19. The summed E-state index contributed by atoms with van der Waals surface area (Å²) in [5.74, 6) is 0.799. The van der Waals surface area contributed by atoms with E-state index in [2.05, 4.69) is 15.3 Å². The maximum absolute atomic E-state index is 6.12. The molecule has 0 aliphatic rings. The van der Waals surface area contributed by atoms with Gasteiger partial charge in [-0.3, -0.25) is 4.98 Å². The van der Waals surface area contributed by atoms with Crippen LogP contribution in [0.3, 0.4) is 0 Å². The average Bonchev–Trinajstić information content (AvgIpc) is 3.13. The van der Waals surface area contributed by atoms with Crippen LogP contribution in [0.2, 0.25) is 5.02 Å². The molecule has 0 saturated heterocycles. The lowest BCUT2D eigenvalue weighted by Gasteiger charge is -2.14. The molecule has 0 bridgehead atoms. The van der Waals surface area contributed by atoms with Crippen LogP contribution in [0.5, 0.6) is 5.75 Å². The van der Waals surface area contributed by atoms with Gasteiger partial charge in [0.25, 0.3) is 0 Å². The molecular formula is C19H15ClN4O. The second kappa shape index (κ2) is 6.53. The molecule has 0 radical (unpaired) electrons. The normalized spacial score (nSPS) is 12.2. The number of hydrogen-bond acceptors (Lipinski definition) is 4. The Kier molecular flexibility index (Phi) is 4.07. The van der Waals surface area contributed by atoms with Gasteiger partial charge in [0.2, 0.25) is 0 Å². The average molecular weight is 351 g/mol. The summed E-state index contributed by atoms with van der Waals surface area (Å²) in [6, 6.07) is 15.3. The lowest BCUT2D eigenvalue weighted by atomic mass is 10.1. The third-order valence-corrected chi connectivity index (χ3v) is 4.22. The minimum atomic E-state index is -0.236. The lowest BCUT2D eigenvalue weighted by molar-refractivity contribution is 0.224. The van der Waals surface area contributed by atoms with Crippen LogP contribution in [-0.4, -0.2) is 20.0 Å². The van der Waals surface area contributed by atoms with E-state index >= 15 is 0 Å². The third-order valence-electron chi connectivity index (χ3n) is 3.96. The second-order valence-corrected chi connectivity index (χ2v) is 6.11. The van der Waals surface area contributed by atoms with E-state index in [0.717, 1.165) is 27.9 Å². The molecule has 1 atom stereocenters. The summed E-state index contributed by atoms with van der Waals surface area (Å²) in [4.78, 5) is 4.14. The minimum absolute atomic E-state index is 0.236. The zero-order valence-electron chi connectivity index (χ0n) is 13.5. The Bertz CT molecular complexity index is 1010. The van der Waals surface area contributed by atoms with Crippen molar-refractivity contribution in [2.45, 2.75) is 13.0 Å². The quantitative estimate of drug-likeness (QED) is 0.539. The molecule has 4 aromatic rings. The highest BCUT2D eigenvalue weighted by atomic mass is 35.5. The molecule has 4 rings (SSSR count). The Morgan fingerprint density at radius 2 is 1.92 bits per heavy atom. The molecule has 25 heavy (non-hydrogen) atoms. The first-order valence-corrected chi connectivity index (χ1v) is 8.26. The van der Waals surface area contributed by atoms with Gasteiger partial charge in [-0.25, -0.2) is 4.68 Å².